The van der Waals surface area contributed by atoms with Crippen LogP contribution in [-0.2, 0) is 0 Å². The lowest BCUT2D eigenvalue weighted by Gasteiger charge is -2.27. The Morgan fingerprint density at radius 1 is 0.298 bits per heavy atom. The molecule has 0 fully saturated rings. The largest absolute Gasteiger partial charge is 0.456 e. The van der Waals surface area contributed by atoms with Gasteiger partial charge >= 0.3 is 0 Å². The van der Waals surface area contributed by atoms with Crippen LogP contribution in [0.3, 0.4) is 0 Å². The summed E-state index contributed by atoms with van der Waals surface area (Å²) >= 11 is 0. The topological polar surface area (TPSA) is 29.5 Å². The van der Waals surface area contributed by atoms with E-state index in [1.54, 1.807) is 0 Å². The summed E-state index contributed by atoms with van der Waals surface area (Å²) in [7, 11) is 0. The molecule has 0 aliphatic rings. The fourth-order valence-corrected chi connectivity index (χ4v) is 8.39. The van der Waals surface area contributed by atoms with Gasteiger partial charge in [-0.1, -0.05) is 164 Å². The number of hydrogen-bond donors (Lipinski definition) is 0. The number of nitrogens with zero attached hydrogens (tertiary/aromatic N) is 1. The van der Waals surface area contributed by atoms with Crippen LogP contribution < -0.4 is 4.90 Å². The van der Waals surface area contributed by atoms with Gasteiger partial charge in [0.1, 0.15) is 16.7 Å². The molecule has 0 aliphatic heterocycles. The van der Waals surface area contributed by atoms with E-state index in [0.29, 0.717) is 0 Å². The highest BCUT2D eigenvalue weighted by atomic mass is 16.3. The van der Waals surface area contributed by atoms with Crippen molar-refractivity contribution in [2.75, 3.05) is 4.90 Å². The predicted molar refractivity (Wildman–Crippen MR) is 237 cm³/mol. The molecule has 0 bridgehead atoms. The molecule has 3 nitrogen and oxygen atoms in total. The molecule has 0 atom stereocenters. The fraction of sp³-hybridized carbons (Fsp3) is 0. The molecule has 2 aromatic heterocycles. The molecule has 0 spiro atoms. The minimum Gasteiger partial charge on any atom is -0.456 e. The third-order valence-electron chi connectivity index (χ3n) is 11.1. The third-order valence-corrected chi connectivity index (χ3v) is 11.1. The average molecular weight is 730 g/mol. The Kier molecular flexibility index (Phi) is 7.82. The fourth-order valence-electron chi connectivity index (χ4n) is 8.39. The zero-order valence-corrected chi connectivity index (χ0v) is 31.0. The number of hydrogen-bond acceptors (Lipinski definition) is 3. The van der Waals surface area contributed by atoms with E-state index < -0.39 is 0 Å². The molecule has 11 rings (SSSR count). The number of rotatable bonds is 7. The van der Waals surface area contributed by atoms with Crippen LogP contribution in [0.1, 0.15) is 0 Å². The molecule has 0 N–H and O–H groups in total. The molecule has 0 unspecified atom stereocenters. The molecule has 57 heavy (non-hydrogen) atoms. The van der Waals surface area contributed by atoms with E-state index in [9.17, 15) is 0 Å². The summed E-state index contributed by atoms with van der Waals surface area (Å²) in [6, 6.07) is 75.1. The summed E-state index contributed by atoms with van der Waals surface area (Å²) < 4.78 is 13.3. The first-order chi connectivity index (χ1) is 28.3. The van der Waals surface area contributed by atoms with Crippen LogP contribution in [-0.4, -0.2) is 0 Å². The second-order valence-corrected chi connectivity index (χ2v) is 14.5. The summed E-state index contributed by atoms with van der Waals surface area (Å²) in [4.78, 5) is 2.35. The van der Waals surface area contributed by atoms with Crippen LogP contribution in [0, 0.1) is 0 Å². The molecule has 0 amide bonds. The third kappa shape index (κ3) is 5.68. The molecule has 3 heteroatoms. The van der Waals surface area contributed by atoms with Gasteiger partial charge in [-0.3, -0.25) is 0 Å². The van der Waals surface area contributed by atoms with Crippen molar-refractivity contribution >= 4 is 60.9 Å². The van der Waals surface area contributed by atoms with E-state index in [-0.39, 0.29) is 0 Å². The van der Waals surface area contributed by atoms with Gasteiger partial charge in [-0.2, -0.15) is 0 Å². The Morgan fingerprint density at radius 2 is 0.825 bits per heavy atom. The average Bonchev–Trinajstić information content (AvgIpc) is 3.87. The highest BCUT2D eigenvalue weighted by Gasteiger charge is 2.22. The van der Waals surface area contributed by atoms with Crippen molar-refractivity contribution in [1.29, 1.82) is 0 Å². The second kappa shape index (κ2) is 13.6. The van der Waals surface area contributed by atoms with E-state index >= 15 is 0 Å². The number of anilines is 3. The lowest BCUT2D eigenvalue weighted by Crippen LogP contribution is -2.10. The highest BCUT2D eigenvalue weighted by Crippen LogP contribution is 2.46. The first-order valence-electron chi connectivity index (χ1n) is 19.3. The lowest BCUT2D eigenvalue weighted by atomic mass is 9.96. The molecular weight excluding hydrogens is 695 g/mol. The Hall–Kier alpha value is -7.62. The Bertz CT molecular complexity index is 3160. The SMILES string of the molecule is c1ccc(-c2cc(-c3ccccc3)cc(N(c3ccc(-c4cccc5oc6ccccc6c45)cc3)c3cccc4c3oc3c(-c5ccccc5)cccc34)c2)cc1. The molecule has 0 aliphatic carbocycles. The van der Waals surface area contributed by atoms with E-state index in [1.165, 1.54) is 0 Å². The molecule has 2 heterocycles. The first kappa shape index (κ1) is 32.8. The molecule has 0 saturated carbocycles. The minimum atomic E-state index is 0.834. The van der Waals surface area contributed by atoms with Gasteiger partial charge in [-0.05, 0) is 87.5 Å². The Morgan fingerprint density at radius 3 is 1.53 bits per heavy atom. The van der Waals surface area contributed by atoms with E-state index in [0.717, 1.165) is 105 Å². The van der Waals surface area contributed by atoms with Gasteiger partial charge in [0.2, 0.25) is 0 Å². The summed E-state index contributed by atoms with van der Waals surface area (Å²) in [5.74, 6) is 0. The van der Waals surface area contributed by atoms with Crippen molar-refractivity contribution in [2.24, 2.45) is 0 Å². The second-order valence-electron chi connectivity index (χ2n) is 14.5. The number of benzene rings is 9. The lowest BCUT2D eigenvalue weighted by molar-refractivity contribution is 0.669. The van der Waals surface area contributed by atoms with Crippen LogP contribution >= 0.6 is 0 Å². The maximum Gasteiger partial charge on any atom is 0.159 e. The standard InChI is InChI=1S/C54H35NO2/c1-4-15-36(16-5-1)40-33-41(37-17-6-2-7-18-37)35-43(34-40)55(42-31-29-39(30-32-42)44-22-14-28-51-52(44)48-21-10-11-27-50(48)56-51)49-26-13-25-47-46-24-12-23-45(53(46)57-54(47)49)38-19-8-3-9-20-38/h1-35H. The van der Waals surface area contributed by atoms with Gasteiger partial charge in [0.15, 0.2) is 5.58 Å². The van der Waals surface area contributed by atoms with Crippen molar-refractivity contribution in [2.45, 2.75) is 0 Å². The normalized spacial score (nSPS) is 11.5. The van der Waals surface area contributed by atoms with Crippen molar-refractivity contribution < 1.29 is 8.83 Å². The van der Waals surface area contributed by atoms with Gasteiger partial charge < -0.3 is 13.7 Å². The van der Waals surface area contributed by atoms with Crippen molar-refractivity contribution in [3.8, 4) is 44.5 Å². The number of fused-ring (bicyclic) bond motifs is 6. The van der Waals surface area contributed by atoms with Gasteiger partial charge in [0.25, 0.3) is 0 Å². The predicted octanol–water partition coefficient (Wildman–Crippen LogP) is 15.6. The summed E-state index contributed by atoms with van der Waals surface area (Å²) in [5.41, 5.74) is 15.5. The van der Waals surface area contributed by atoms with E-state index in [2.05, 4.69) is 205 Å². The van der Waals surface area contributed by atoms with Crippen molar-refractivity contribution in [1.82, 2.24) is 0 Å². The van der Waals surface area contributed by atoms with Crippen LogP contribution in [0.25, 0.3) is 88.4 Å². The Balaban J connectivity index is 1.15. The molecule has 0 radical (unpaired) electrons. The minimum absolute atomic E-state index is 0.834. The van der Waals surface area contributed by atoms with Crippen LogP contribution in [0.5, 0.6) is 0 Å². The smallest absolute Gasteiger partial charge is 0.159 e. The maximum absolute atomic E-state index is 7.04. The quantitative estimate of drug-likeness (QED) is 0.164. The zero-order valence-electron chi connectivity index (χ0n) is 31.0. The van der Waals surface area contributed by atoms with E-state index in [1.807, 2.05) is 12.1 Å². The van der Waals surface area contributed by atoms with Gasteiger partial charge in [-0.25, -0.2) is 0 Å². The Labute approximate surface area is 330 Å². The van der Waals surface area contributed by atoms with Crippen molar-refractivity contribution in [3.05, 3.63) is 212 Å². The van der Waals surface area contributed by atoms with Gasteiger partial charge in [0.05, 0.1) is 5.69 Å². The van der Waals surface area contributed by atoms with Gasteiger partial charge in [-0.15, -0.1) is 0 Å². The van der Waals surface area contributed by atoms with Crippen LogP contribution in [0.15, 0.2) is 221 Å². The molecule has 9 aromatic carbocycles. The molecule has 0 saturated heterocycles. The van der Waals surface area contributed by atoms with Crippen molar-refractivity contribution in [3.63, 3.8) is 0 Å². The maximum atomic E-state index is 7.04. The number of para-hydroxylation sites is 3. The molecule has 11 aromatic rings. The van der Waals surface area contributed by atoms with Crippen LogP contribution in [0.2, 0.25) is 0 Å². The molecular formula is C54H35NO2. The summed E-state index contributed by atoms with van der Waals surface area (Å²) in [5, 5.41) is 4.41. The van der Waals surface area contributed by atoms with E-state index in [4.69, 9.17) is 8.83 Å². The monoisotopic (exact) mass is 729 g/mol. The van der Waals surface area contributed by atoms with Gasteiger partial charge in [0, 0.05) is 38.5 Å². The first-order valence-corrected chi connectivity index (χ1v) is 19.3. The van der Waals surface area contributed by atoms with Crippen LogP contribution in [0.4, 0.5) is 17.1 Å². The molecule has 268 valence electrons. The summed E-state index contributed by atoms with van der Waals surface area (Å²) in [6.45, 7) is 0. The number of furan rings is 2. The zero-order chi connectivity index (χ0) is 37.7. The summed E-state index contributed by atoms with van der Waals surface area (Å²) in [6.07, 6.45) is 0. The highest BCUT2D eigenvalue weighted by molar-refractivity contribution is 6.14.